The summed E-state index contributed by atoms with van der Waals surface area (Å²) in [5.74, 6) is 1.69. The van der Waals surface area contributed by atoms with Gasteiger partial charge >= 0.3 is 0 Å². The minimum Gasteiger partial charge on any atom is -0.497 e. The van der Waals surface area contributed by atoms with E-state index in [1.807, 2.05) is 44.2 Å². The molecule has 0 saturated heterocycles. The number of rotatable bonds is 6. The summed E-state index contributed by atoms with van der Waals surface area (Å²) in [5.41, 5.74) is 14.1. The number of nitrogens with zero attached hydrogens (tertiary/aromatic N) is 2. The van der Waals surface area contributed by atoms with Gasteiger partial charge in [0, 0.05) is 18.2 Å². The average Bonchev–Trinajstić information content (AvgIpc) is 2.59. The first-order valence-electron chi connectivity index (χ1n) is 8.65. The summed E-state index contributed by atoms with van der Waals surface area (Å²) in [6.07, 6.45) is 1.05. The zero-order valence-corrected chi connectivity index (χ0v) is 16.2. The predicted molar refractivity (Wildman–Crippen MR) is 105 cm³/mol. The van der Waals surface area contributed by atoms with Crippen molar-refractivity contribution in [2.75, 3.05) is 24.8 Å². The zero-order valence-electron chi connectivity index (χ0n) is 16.2. The fraction of sp³-hybridized carbons (Fsp3) is 0.474. The van der Waals surface area contributed by atoms with E-state index < -0.39 is 0 Å². The van der Waals surface area contributed by atoms with Crippen LogP contribution in [0, 0.1) is 5.41 Å². The normalized spacial score (nSPS) is 10.6. The number of hydrogen-bond donors (Lipinski definition) is 3. The molecule has 6 nitrogen and oxygen atoms in total. The Bertz CT molecular complexity index is 635. The Morgan fingerprint density at radius 1 is 1.08 bits per heavy atom. The van der Waals surface area contributed by atoms with E-state index in [1.165, 1.54) is 0 Å². The molecule has 6 heteroatoms. The molecule has 0 saturated carbocycles. The Morgan fingerprint density at radius 3 is 2.28 bits per heavy atom. The topological polar surface area (TPSA) is 85.1 Å². The molecule has 0 aliphatic heterocycles. The van der Waals surface area contributed by atoms with E-state index in [0.29, 0.717) is 5.82 Å². The maximum Gasteiger partial charge on any atom is 0.222 e. The minimum absolute atomic E-state index is 0.235. The number of hydrogen-bond acceptors (Lipinski definition) is 6. The number of aromatic nitrogens is 2. The van der Waals surface area contributed by atoms with Gasteiger partial charge in [0.15, 0.2) is 0 Å². The first kappa shape index (κ1) is 20.7. The van der Waals surface area contributed by atoms with Crippen molar-refractivity contribution in [3.05, 3.63) is 30.3 Å². The van der Waals surface area contributed by atoms with Gasteiger partial charge in [0.05, 0.1) is 12.8 Å². The fourth-order valence-corrected chi connectivity index (χ4v) is 2.03. The van der Waals surface area contributed by atoms with E-state index in [9.17, 15) is 0 Å². The fourth-order valence-electron chi connectivity index (χ4n) is 2.03. The Kier molecular flexibility index (Phi) is 8.15. The van der Waals surface area contributed by atoms with E-state index in [4.69, 9.17) is 10.5 Å². The number of anilines is 2. The van der Waals surface area contributed by atoms with Gasteiger partial charge in [0.25, 0.3) is 0 Å². The quantitative estimate of drug-likeness (QED) is 0.539. The number of ether oxygens (including phenoxy) is 1. The van der Waals surface area contributed by atoms with Gasteiger partial charge in [-0.25, -0.2) is 10.4 Å². The SMILES string of the molecule is CC.COc1ccc(-c2cc(NNCCC(C)(C)C)nc(N)n2)cc1. The number of nitrogens with one attached hydrogen (secondary N) is 2. The second-order valence-electron chi connectivity index (χ2n) is 6.59. The Labute approximate surface area is 151 Å². The van der Waals surface area contributed by atoms with Crippen LogP contribution in [0.2, 0.25) is 0 Å². The van der Waals surface area contributed by atoms with Crippen molar-refractivity contribution >= 4 is 11.8 Å². The van der Waals surface area contributed by atoms with Crippen LogP contribution < -0.4 is 21.3 Å². The van der Waals surface area contributed by atoms with E-state index in [1.54, 1.807) is 7.11 Å². The van der Waals surface area contributed by atoms with Crippen molar-refractivity contribution < 1.29 is 4.74 Å². The van der Waals surface area contributed by atoms with Crippen molar-refractivity contribution in [2.24, 2.45) is 5.41 Å². The molecule has 0 aliphatic carbocycles. The maximum absolute atomic E-state index is 5.81. The lowest BCUT2D eigenvalue weighted by molar-refractivity contribution is 0.372. The van der Waals surface area contributed by atoms with Crippen molar-refractivity contribution in [3.8, 4) is 17.0 Å². The third kappa shape index (κ3) is 7.39. The molecule has 0 fully saturated rings. The predicted octanol–water partition coefficient (Wildman–Crippen LogP) is 4.11. The Balaban J connectivity index is 0.00000151. The number of methoxy groups -OCH3 is 1. The molecule has 0 bridgehead atoms. The molecule has 2 rings (SSSR count). The molecular weight excluding hydrogens is 314 g/mol. The molecule has 1 aromatic carbocycles. The molecule has 1 aromatic heterocycles. The molecule has 0 aliphatic rings. The smallest absolute Gasteiger partial charge is 0.222 e. The molecule has 0 atom stereocenters. The van der Waals surface area contributed by atoms with Crippen molar-refractivity contribution in [2.45, 2.75) is 41.0 Å². The molecular formula is C19H31N5O. The van der Waals surface area contributed by atoms with Crippen LogP contribution in [0.1, 0.15) is 41.0 Å². The average molecular weight is 345 g/mol. The zero-order chi connectivity index (χ0) is 18.9. The third-order valence-electron chi connectivity index (χ3n) is 3.35. The molecule has 4 N–H and O–H groups in total. The van der Waals surface area contributed by atoms with Crippen molar-refractivity contribution in [3.63, 3.8) is 0 Å². The Hall–Kier alpha value is -2.34. The van der Waals surface area contributed by atoms with Gasteiger partial charge in [0.2, 0.25) is 5.95 Å². The lowest BCUT2D eigenvalue weighted by Gasteiger charge is -2.18. The second-order valence-corrected chi connectivity index (χ2v) is 6.59. The van der Waals surface area contributed by atoms with Gasteiger partial charge in [-0.15, -0.1) is 0 Å². The largest absolute Gasteiger partial charge is 0.497 e. The van der Waals surface area contributed by atoms with Crippen LogP contribution in [0.15, 0.2) is 30.3 Å². The number of hydrazine groups is 1. The lowest BCUT2D eigenvalue weighted by Crippen LogP contribution is -2.26. The van der Waals surface area contributed by atoms with E-state index >= 15 is 0 Å². The van der Waals surface area contributed by atoms with E-state index in [-0.39, 0.29) is 11.4 Å². The van der Waals surface area contributed by atoms with Gasteiger partial charge in [-0.05, 0) is 36.1 Å². The minimum atomic E-state index is 0.235. The van der Waals surface area contributed by atoms with Crippen LogP contribution in [0.4, 0.5) is 11.8 Å². The van der Waals surface area contributed by atoms with Crippen molar-refractivity contribution in [1.82, 2.24) is 15.4 Å². The highest BCUT2D eigenvalue weighted by atomic mass is 16.5. The van der Waals surface area contributed by atoms with E-state index in [0.717, 1.165) is 30.0 Å². The van der Waals surface area contributed by atoms with Crippen LogP contribution in [-0.4, -0.2) is 23.6 Å². The van der Waals surface area contributed by atoms with Crippen LogP contribution in [0.25, 0.3) is 11.3 Å². The standard InChI is InChI=1S/C17H25N5O.C2H6/c1-17(2,3)9-10-19-22-15-11-14(20-16(18)21-15)12-5-7-13(23-4)8-6-12;1-2/h5-8,11,19H,9-10H2,1-4H3,(H3,18,20,21,22);1-2H3. The highest BCUT2D eigenvalue weighted by Crippen LogP contribution is 2.23. The summed E-state index contributed by atoms with van der Waals surface area (Å²) in [4.78, 5) is 8.48. The van der Waals surface area contributed by atoms with Gasteiger partial charge in [-0.1, -0.05) is 34.6 Å². The van der Waals surface area contributed by atoms with Crippen LogP contribution >= 0.6 is 0 Å². The summed E-state index contributed by atoms with van der Waals surface area (Å²) in [6.45, 7) is 11.5. The molecule has 0 spiro atoms. The summed E-state index contributed by atoms with van der Waals surface area (Å²) >= 11 is 0. The molecule has 0 amide bonds. The monoisotopic (exact) mass is 345 g/mol. The summed E-state index contributed by atoms with van der Waals surface area (Å²) in [7, 11) is 1.64. The third-order valence-corrected chi connectivity index (χ3v) is 3.35. The van der Waals surface area contributed by atoms with Crippen molar-refractivity contribution in [1.29, 1.82) is 0 Å². The van der Waals surface area contributed by atoms with Crippen LogP contribution in [0.3, 0.4) is 0 Å². The molecule has 0 unspecified atom stereocenters. The van der Waals surface area contributed by atoms with Gasteiger partial charge in [-0.3, -0.25) is 0 Å². The Morgan fingerprint density at radius 2 is 1.72 bits per heavy atom. The molecule has 25 heavy (non-hydrogen) atoms. The van der Waals surface area contributed by atoms with E-state index in [2.05, 4.69) is 41.6 Å². The van der Waals surface area contributed by atoms with Gasteiger partial charge in [0.1, 0.15) is 11.6 Å². The number of nitrogen functional groups attached to an aromatic ring is 1. The highest BCUT2D eigenvalue weighted by molar-refractivity contribution is 5.64. The highest BCUT2D eigenvalue weighted by Gasteiger charge is 2.09. The molecule has 2 aromatic rings. The van der Waals surface area contributed by atoms with Crippen LogP contribution in [-0.2, 0) is 0 Å². The summed E-state index contributed by atoms with van der Waals surface area (Å²) < 4.78 is 5.17. The van der Waals surface area contributed by atoms with Gasteiger partial charge < -0.3 is 15.9 Å². The summed E-state index contributed by atoms with van der Waals surface area (Å²) in [6, 6.07) is 9.53. The first-order chi connectivity index (χ1) is 11.9. The molecule has 1 heterocycles. The maximum atomic E-state index is 5.81. The number of benzene rings is 1. The molecule has 0 radical (unpaired) electrons. The van der Waals surface area contributed by atoms with Gasteiger partial charge in [-0.2, -0.15) is 4.98 Å². The lowest BCUT2D eigenvalue weighted by atomic mass is 9.93. The van der Waals surface area contributed by atoms with Crippen LogP contribution in [0.5, 0.6) is 5.75 Å². The summed E-state index contributed by atoms with van der Waals surface area (Å²) in [5, 5.41) is 0. The second kappa shape index (κ2) is 9.84. The molecule has 138 valence electrons. The first-order valence-corrected chi connectivity index (χ1v) is 8.65. The number of nitrogens with two attached hydrogens (primary N) is 1.